The second kappa shape index (κ2) is 2.17. The van der Waals surface area contributed by atoms with E-state index in [0.717, 1.165) is 5.92 Å². The molecule has 3 heterocycles. The Bertz CT molecular complexity index is 107. The minimum Gasteiger partial charge on any atom is -0.302 e. The summed E-state index contributed by atoms with van der Waals surface area (Å²) in [5.41, 5.74) is 0. The molecule has 0 amide bonds. The SMILES string of the molecule is S[C@@H]1CN2CCC1CC2. The first-order chi connectivity index (χ1) is 4.36. The molecule has 3 aliphatic rings. The molecule has 1 nitrogen and oxygen atoms in total. The highest BCUT2D eigenvalue weighted by Gasteiger charge is 2.31. The Hall–Kier alpha value is 0.310. The van der Waals surface area contributed by atoms with E-state index in [-0.39, 0.29) is 0 Å². The van der Waals surface area contributed by atoms with Crippen molar-refractivity contribution in [2.24, 2.45) is 5.92 Å². The van der Waals surface area contributed by atoms with Crippen molar-refractivity contribution in [2.75, 3.05) is 19.6 Å². The predicted molar refractivity (Wildman–Crippen MR) is 41.9 cm³/mol. The standard InChI is InChI=1S/C7H13NS/c9-7-5-8-3-1-6(7)2-4-8/h6-7,9H,1-5H2/t7-/m1/s1. The lowest BCUT2D eigenvalue weighted by molar-refractivity contribution is 0.119. The van der Waals surface area contributed by atoms with Gasteiger partial charge in [0.1, 0.15) is 0 Å². The van der Waals surface area contributed by atoms with Crippen molar-refractivity contribution in [2.45, 2.75) is 18.1 Å². The first-order valence-corrected chi connectivity index (χ1v) is 4.28. The van der Waals surface area contributed by atoms with Gasteiger partial charge in [0.25, 0.3) is 0 Å². The van der Waals surface area contributed by atoms with Crippen LogP contribution in [-0.2, 0) is 0 Å². The molecule has 0 unspecified atom stereocenters. The lowest BCUT2D eigenvalue weighted by Crippen LogP contribution is -2.48. The summed E-state index contributed by atoms with van der Waals surface area (Å²) in [4.78, 5) is 2.53. The highest BCUT2D eigenvalue weighted by molar-refractivity contribution is 7.81. The number of hydrogen-bond donors (Lipinski definition) is 1. The summed E-state index contributed by atoms with van der Waals surface area (Å²) >= 11 is 4.53. The maximum absolute atomic E-state index is 4.53. The van der Waals surface area contributed by atoms with Crippen LogP contribution in [0.25, 0.3) is 0 Å². The van der Waals surface area contributed by atoms with Crippen LogP contribution in [0.1, 0.15) is 12.8 Å². The smallest absolute Gasteiger partial charge is 0.0173 e. The second-order valence-corrected chi connectivity index (χ2v) is 3.87. The first kappa shape index (κ1) is 6.05. The van der Waals surface area contributed by atoms with Gasteiger partial charge in [0.2, 0.25) is 0 Å². The summed E-state index contributed by atoms with van der Waals surface area (Å²) in [6.45, 7) is 3.91. The van der Waals surface area contributed by atoms with Crippen LogP contribution < -0.4 is 0 Å². The van der Waals surface area contributed by atoms with Crippen LogP contribution >= 0.6 is 12.6 Å². The van der Waals surface area contributed by atoms with E-state index in [1.165, 1.54) is 32.5 Å². The minimum absolute atomic E-state index is 0.688. The van der Waals surface area contributed by atoms with E-state index in [9.17, 15) is 0 Å². The van der Waals surface area contributed by atoms with E-state index in [4.69, 9.17) is 0 Å². The molecule has 0 N–H and O–H groups in total. The van der Waals surface area contributed by atoms with Crippen LogP contribution in [0, 0.1) is 5.92 Å². The molecule has 52 valence electrons. The van der Waals surface area contributed by atoms with Crippen LogP contribution in [0.15, 0.2) is 0 Å². The molecule has 0 aliphatic carbocycles. The third-order valence-corrected chi connectivity index (χ3v) is 3.21. The van der Waals surface area contributed by atoms with Gasteiger partial charge in [-0.15, -0.1) is 0 Å². The molecule has 2 bridgehead atoms. The lowest BCUT2D eigenvalue weighted by Gasteiger charge is -2.42. The van der Waals surface area contributed by atoms with Crippen molar-refractivity contribution in [3.05, 3.63) is 0 Å². The van der Waals surface area contributed by atoms with Gasteiger partial charge in [-0.2, -0.15) is 12.6 Å². The molecule has 9 heavy (non-hydrogen) atoms. The molecule has 0 radical (unpaired) electrons. The summed E-state index contributed by atoms with van der Waals surface area (Å²) in [5, 5.41) is 0.688. The van der Waals surface area contributed by atoms with Gasteiger partial charge in [0.05, 0.1) is 0 Å². The summed E-state index contributed by atoms with van der Waals surface area (Å²) < 4.78 is 0. The fourth-order valence-electron chi connectivity index (χ4n) is 1.93. The summed E-state index contributed by atoms with van der Waals surface area (Å²) in [5.74, 6) is 0.943. The molecule has 3 fully saturated rings. The third kappa shape index (κ3) is 0.987. The van der Waals surface area contributed by atoms with Crippen molar-refractivity contribution < 1.29 is 0 Å². The van der Waals surface area contributed by atoms with E-state index in [1.54, 1.807) is 0 Å². The zero-order chi connectivity index (χ0) is 6.27. The van der Waals surface area contributed by atoms with E-state index in [2.05, 4.69) is 17.5 Å². The summed E-state index contributed by atoms with van der Waals surface area (Å²) in [6, 6.07) is 0. The van der Waals surface area contributed by atoms with Crippen molar-refractivity contribution >= 4 is 12.6 Å². The van der Waals surface area contributed by atoms with E-state index in [1.807, 2.05) is 0 Å². The van der Waals surface area contributed by atoms with Gasteiger partial charge in [-0.1, -0.05) is 0 Å². The van der Waals surface area contributed by atoms with Crippen molar-refractivity contribution in [1.82, 2.24) is 4.90 Å². The van der Waals surface area contributed by atoms with Crippen LogP contribution in [-0.4, -0.2) is 29.8 Å². The average Bonchev–Trinajstić information content (AvgIpc) is 1.90. The third-order valence-electron chi connectivity index (χ3n) is 2.62. The van der Waals surface area contributed by atoms with Gasteiger partial charge in [-0.25, -0.2) is 0 Å². The average molecular weight is 143 g/mol. The number of thiol groups is 1. The topological polar surface area (TPSA) is 3.24 Å². The maximum Gasteiger partial charge on any atom is 0.0173 e. The monoisotopic (exact) mass is 143 g/mol. The highest BCUT2D eigenvalue weighted by atomic mass is 32.1. The highest BCUT2D eigenvalue weighted by Crippen LogP contribution is 2.30. The molecule has 2 heteroatoms. The Morgan fingerprint density at radius 3 is 2.11 bits per heavy atom. The zero-order valence-corrected chi connectivity index (χ0v) is 6.48. The molecule has 0 aromatic carbocycles. The Balaban J connectivity index is 2.06. The zero-order valence-electron chi connectivity index (χ0n) is 5.58. The maximum atomic E-state index is 4.53. The Labute approximate surface area is 61.8 Å². The summed E-state index contributed by atoms with van der Waals surface area (Å²) in [7, 11) is 0. The Morgan fingerprint density at radius 1 is 1.22 bits per heavy atom. The molecule has 0 aromatic rings. The van der Waals surface area contributed by atoms with E-state index < -0.39 is 0 Å². The summed E-state index contributed by atoms with van der Waals surface area (Å²) in [6.07, 6.45) is 2.79. The van der Waals surface area contributed by atoms with Crippen molar-refractivity contribution in [3.63, 3.8) is 0 Å². The molecular formula is C7H13NS. The van der Waals surface area contributed by atoms with Crippen LogP contribution in [0.5, 0.6) is 0 Å². The molecule has 0 aromatic heterocycles. The molecule has 3 rings (SSSR count). The fraction of sp³-hybridized carbons (Fsp3) is 1.00. The van der Waals surface area contributed by atoms with Crippen molar-refractivity contribution in [1.29, 1.82) is 0 Å². The molecule has 3 aliphatic heterocycles. The van der Waals surface area contributed by atoms with Crippen LogP contribution in [0.3, 0.4) is 0 Å². The number of rotatable bonds is 0. The van der Waals surface area contributed by atoms with Gasteiger partial charge in [-0.3, -0.25) is 0 Å². The second-order valence-electron chi connectivity index (χ2n) is 3.21. The predicted octanol–water partition coefficient (Wildman–Crippen LogP) is 1.01. The van der Waals surface area contributed by atoms with Crippen molar-refractivity contribution in [3.8, 4) is 0 Å². The number of piperidine rings is 3. The van der Waals surface area contributed by atoms with Crippen LogP contribution in [0.2, 0.25) is 0 Å². The molecule has 1 atom stereocenters. The molecule has 0 spiro atoms. The molecule has 0 saturated carbocycles. The fourth-order valence-corrected chi connectivity index (χ4v) is 2.46. The molecule has 3 saturated heterocycles. The van der Waals surface area contributed by atoms with Gasteiger partial charge < -0.3 is 4.90 Å². The van der Waals surface area contributed by atoms with E-state index in [0.29, 0.717) is 5.25 Å². The van der Waals surface area contributed by atoms with Gasteiger partial charge in [0.15, 0.2) is 0 Å². The quantitative estimate of drug-likeness (QED) is 0.495. The lowest BCUT2D eigenvalue weighted by atomic mass is 9.88. The minimum atomic E-state index is 0.688. The van der Waals surface area contributed by atoms with Gasteiger partial charge in [-0.05, 0) is 31.8 Å². The number of hydrogen-bond acceptors (Lipinski definition) is 2. The molecular weight excluding hydrogens is 130 g/mol. The van der Waals surface area contributed by atoms with Crippen LogP contribution in [0.4, 0.5) is 0 Å². The van der Waals surface area contributed by atoms with Gasteiger partial charge in [0, 0.05) is 11.8 Å². The number of nitrogens with zero attached hydrogens (tertiary/aromatic N) is 1. The first-order valence-electron chi connectivity index (χ1n) is 3.76. The number of fused-ring (bicyclic) bond motifs is 3. The Kier molecular flexibility index (Phi) is 1.46. The van der Waals surface area contributed by atoms with Gasteiger partial charge >= 0.3 is 0 Å². The largest absolute Gasteiger partial charge is 0.302 e. The Morgan fingerprint density at radius 2 is 1.89 bits per heavy atom. The van der Waals surface area contributed by atoms with E-state index >= 15 is 0 Å². The normalized spacial score (nSPS) is 49.7.